The van der Waals surface area contributed by atoms with Gasteiger partial charge in [0.2, 0.25) is 0 Å². The molecule has 0 radical (unpaired) electrons. The van der Waals surface area contributed by atoms with Crippen LogP contribution in [0.15, 0.2) is 0 Å². The third-order valence-corrected chi connectivity index (χ3v) is 6.14. The molecule has 0 saturated heterocycles. The van der Waals surface area contributed by atoms with Gasteiger partial charge in [-0.25, -0.2) is 0 Å². The Morgan fingerprint density at radius 1 is 0.536 bits per heavy atom. The summed E-state index contributed by atoms with van der Waals surface area (Å²) in [6.07, 6.45) is 23.6. The van der Waals surface area contributed by atoms with E-state index in [9.17, 15) is 8.42 Å². The molecule has 0 aromatic heterocycles. The fourth-order valence-corrected chi connectivity index (χ4v) is 4.09. The predicted molar refractivity (Wildman–Crippen MR) is 121 cm³/mol. The molecule has 0 spiro atoms. The second-order valence-corrected chi connectivity index (χ2v) is 9.83. The van der Waals surface area contributed by atoms with E-state index in [-0.39, 0.29) is 5.75 Å². The summed E-state index contributed by atoms with van der Waals surface area (Å²) in [4.78, 5) is 0. The van der Waals surface area contributed by atoms with E-state index >= 15 is 0 Å². The van der Waals surface area contributed by atoms with Crippen LogP contribution in [0.2, 0.25) is 0 Å². The second kappa shape index (κ2) is 21.6. The molecule has 0 aromatic rings. The highest BCUT2D eigenvalue weighted by Gasteiger charge is 2.02. The standard InChI is InChI=1S/C23H48O4S/c1-2-3-4-5-6-12-15-18-21-27-22-19-16-13-10-8-7-9-11-14-17-20-23-28(24,25)26/h2-23H2,1H3,(H,24,25,26). The molecule has 0 heterocycles. The highest BCUT2D eigenvalue weighted by atomic mass is 32.2. The van der Waals surface area contributed by atoms with E-state index in [2.05, 4.69) is 6.92 Å². The van der Waals surface area contributed by atoms with Crippen LogP contribution in [0.3, 0.4) is 0 Å². The minimum absolute atomic E-state index is 0.0875. The summed E-state index contributed by atoms with van der Waals surface area (Å²) in [7, 11) is -3.76. The lowest BCUT2D eigenvalue weighted by atomic mass is 10.1. The molecule has 0 aliphatic carbocycles. The Kier molecular flexibility index (Phi) is 21.5. The first-order valence-corrected chi connectivity index (χ1v) is 13.7. The van der Waals surface area contributed by atoms with E-state index in [0.717, 1.165) is 26.1 Å². The average molecular weight is 421 g/mol. The summed E-state index contributed by atoms with van der Waals surface area (Å²) in [5, 5.41) is 0. The van der Waals surface area contributed by atoms with Crippen molar-refractivity contribution in [1.82, 2.24) is 0 Å². The Hall–Kier alpha value is -0.130. The molecular weight excluding hydrogens is 372 g/mol. The third-order valence-electron chi connectivity index (χ3n) is 5.33. The zero-order valence-corrected chi connectivity index (χ0v) is 19.5. The Morgan fingerprint density at radius 3 is 1.21 bits per heavy atom. The first-order chi connectivity index (χ1) is 13.6. The molecule has 0 aromatic carbocycles. The van der Waals surface area contributed by atoms with Gasteiger partial charge in [0.05, 0.1) is 5.75 Å². The van der Waals surface area contributed by atoms with E-state index in [1.807, 2.05) is 0 Å². The highest BCUT2D eigenvalue weighted by Crippen LogP contribution is 2.12. The van der Waals surface area contributed by atoms with Crippen LogP contribution in [-0.4, -0.2) is 31.9 Å². The first-order valence-electron chi connectivity index (χ1n) is 12.1. The van der Waals surface area contributed by atoms with Crippen molar-refractivity contribution in [2.75, 3.05) is 19.0 Å². The van der Waals surface area contributed by atoms with E-state index < -0.39 is 10.1 Å². The van der Waals surface area contributed by atoms with E-state index in [1.54, 1.807) is 0 Å². The summed E-state index contributed by atoms with van der Waals surface area (Å²) >= 11 is 0. The lowest BCUT2D eigenvalue weighted by Gasteiger charge is -2.05. The van der Waals surface area contributed by atoms with Crippen LogP contribution in [0.25, 0.3) is 0 Å². The Balaban J connectivity index is 3.03. The average Bonchev–Trinajstić information content (AvgIpc) is 2.65. The zero-order valence-electron chi connectivity index (χ0n) is 18.6. The summed E-state index contributed by atoms with van der Waals surface area (Å²) in [6, 6.07) is 0. The molecule has 0 aliphatic heterocycles. The van der Waals surface area contributed by atoms with Crippen LogP contribution in [0.5, 0.6) is 0 Å². The van der Waals surface area contributed by atoms with Crippen LogP contribution in [-0.2, 0) is 14.9 Å². The van der Waals surface area contributed by atoms with Gasteiger partial charge in [-0.3, -0.25) is 4.55 Å². The largest absolute Gasteiger partial charge is 0.381 e. The van der Waals surface area contributed by atoms with Crippen LogP contribution in [0.4, 0.5) is 0 Å². The van der Waals surface area contributed by atoms with Gasteiger partial charge < -0.3 is 4.74 Å². The van der Waals surface area contributed by atoms with E-state index in [0.29, 0.717) is 6.42 Å². The van der Waals surface area contributed by atoms with Crippen molar-refractivity contribution in [2.45, 2.75) is 129 Å². The summed E-state index contributed by atoms with van der Waals surface area (Å²) in [5.41, 5.74) is 0. The molecule has 1 N–H and O–H groups in total. The quantitative estimate of drug-likeness (QED) is 0.139. The van der Waals surface area contributed by atoms with Crippen LogP contribution >= 0.6 is 0 Å². The Labute approximate surface area is 176 Å². The molecule has 28 heavy (non-hydrogen) atoms. The Bertz CT molecular complexity index is 395. The van der Waals surface area contributed by atoms with Crippen LogP contribution < -0.4 is 0 Å². The number of hydrogen-bond acceptors (Lipinski definition) is 3. The highest BCUT2D eigenvalue weighted by molar-refractivity contribution is 7.85. The van der Waals surface area contributed by atoms with Gasteiger partial charge in [-0.05, 0) is 19.3 Å². The molecule has 4 nitrogen and oxygen atoms in total. The van der Waals surface area contributed by atoms with Gasteiger partial charge in [0.25, 0.3) is 10.1 Å². The number of ether oxygens (including phenoxy) is 1. The monoisotopic (exact) mass is 420 g/mol. The number of unbranched alkanes of at least 4 members (excludes halogenated alkanes) is 17. The van der Waals surface area contributed by atoms with Gasteiger partial charge >= 0.3 is 0 Å². The van der Waals surface area contributed by atoms with Crippen molar-refractivity contribution in [2.24, 2.45) is 0 Å². The first kappa shape index (κ1) is 27.9. The Morgan fingerprint density at radius 2 is 0.857 bits per heavy atom. The van der Waals surface area contributed by atoms with Crippen molar-refractivity contribution in [1.29, 1.82) is 0 Å². The van der Waals surface area contributed by atoms with Gasteiger partial charge in [-0.15, -0.1) is 0 Å². The normalized spacial score (nSPS) is 11.9. The molecule has 0 bridgehead atoms. The van der Waals surface area contributed by atoms with Crippen molar-refractivity contribution < 1.29 is 17.7 Å². The van der Waals surface area contributed by atoms with Gasteiger partial charge in [-0.1, -0.05) is 110 Å². The molecule has 0 saturated carbocycles. The predicted octanol–water partition coefficient (Wildman–Crippen LogP) is 7.32. The molecule has 5 heteroatoms. The minimum atomic E-state index is -3.76. The van der Waals surface area contributed by atoms with Crippen LogP contribution in [0, 0.1) is 0 Å². The molecule has 0 rings (SSSR count). The maximum Gasteiger partial charge on any atom is 0.264 e. The SMILES string of the molecule is CCCCCCCCCCOCCCCCCCCCCCCCS(=O)(=O)O. The molecule has 0 amide bonds. The third kappa shape index (κ3) is 25.9. The number of rotatable bonds is 23. The van der Waals surface area contributed by atoms with Gasteiger partial charge in [0.1, 0.15) is 0 Å². The topological polar surface area (TPSA) is 63.6 Å². The zero-order chi connectivity index (χ0) is 20.8. The van der Waals surface area contributed by atoms with Crippen LogP contribution in [0.1, 0.15) is 129 Å². The molecule has 170 valence electrons. The fraction of sp³-hybridized carbons (Fsp3) is 1.00. The van der Waals surface area contributed by atoms with Crippen molar-refractivity contribution in [3.8, 4) is 0 Å². The number of hydrogen-bond donors (Lipinski definition) is 1. The van der Waals surface area contributed by atoms with E-state index in [1.165, 1.54) is 103 Å². The summed E-state index contributed by atoms with van der Waals surface area (Å²) in [6.45, 7) is 4.14. The fourth-order valence-electron chi connectivity index (χ4n) is 3.52. The smallest absolute Gasteiger partial charge is 0.264 e. The minimum Gasteiger partial charge on any atom is -0.381 e. The molecule has 0 fully saturated rings. The summed E-state index contributed by atoms with van der Waals surface area (Å²) in [5.74, 6) is -0.0875. The van der Waals surface area contributed by atoms with Crippen molar-refractivity contribution >= 4 is 10.1 Å². The maximum atomic E-state index is 10.6. The molecule has 0 unspecified atom stereocenters. The van der Waals surface area contributed by atoms with Crippen molar-refractivity contribution in [3.63, 3.8) is 0 Å². The van der Waals surface area contributed by atoms with E-state index in [4.69, 9.17) is 9.29 Å². The lowest BCUT2D eigenvalue weighted by Crippen LogP contribution is -2.03. The van der Waals surface area contributed by atoms with Crippen molar-refractivity contribution in [3.05, 3.63) is 0 Å². The maximum absolute atomic E-state index is 10.6. The summed E-state index contributed by atoms with van der Waals surface area (Å²) < 4.78 is 35.6. The molecule has 0 atom stereocenters. The van der Waals surface area contributed by atoms with Gasteiger partial charge in [-0.2, -0.15) is 8.42 Å². The van der Waals surface area contributed by atoms with Gasteiger partial charge in [0.15, 0.2) is 0 Å². The molecular formula is C23H48O4S. The lowest BCUT2D eigenvalue weighted by molar-refractivity contribution is 0.125. The molecule has 0 aliphatic rings. The second-order valence-electron chi connectivity index (χ2n) is 8.26. The van der Waals surface area contributed by atoms with Gasteiger partial charge in [0, 0.05) is 13.2 Å².